The Morgan fingerprint density at radius 3 is 2.14 bits per heavy atom. The maximum Gasteiger partial charge on any atom is 0.00401 e. The second-order valence-corrected chi connectivity index (χ2v) is 11.8. The third-order valence-electron chi connectivity index (χ3n) is 2.45. The van der Waals surface area contributed by atoms with E-state index in [9.17, 15) is 0 Å². The second-order valence-electron chi connectivity index (χ2n) is 3.76. The van der Waals surface area contributed by atoms with Crippen molar-refractivity contribution < 1.29 is 0 Å². The average molecular weight is 268 g/mol. The molecule has 1 saturated heterocycles. The van der Waals surface area contributed by atoms with Gasteiger partial charge in [0.25, 0.3) is 0 Å². The van der Waals surface area contributed by atoms with Crippen molar-refractivity contribution in [1.29, 1.82) is 0 Å². The first-order valence-electron chi connectivity index (χ1n) is 5.76. The molecule has 1 rings (SSSR count). The Labute approximate surface area is 100 Å². The molecule has 1 heterocycles. The van der Waals surface area contributed by atoms with Gasteiger partial charge >= 0.3 is 0 Å². The molecule has 0 bridgehead atoms. The predicted octanol–water partition coefficient (Wildman–Crippen LogP) is 5.69. The molecule has 1 aliphatic rings. The molecule has 2 atom stereocenters. The molecular weight excluding hydrogens is 246 g/mol. The maximum atomic E-state index is 2.14. The third kappa shape index (κ3) is 8.84. The molecule has 0 aromatic rings. The van der Waals surface area contributed by atoms with Crippen LogP contribution in [0.3, 0.4) is 0 Å². The fraction of sp³-hybridized carbons (Fsp3) is 1.00. The van der Waals surface area contributed by atoms with Gasteiger partial charge in [-0.25, -0.2) is 0 Å². The number of rotatable bonds is 0. The monoisotopic (exact) mass is 268 g/mol. The van der Waals surface area contributed by atoms with E-state index in [2.05, 4.69) is 21.2 Å². The van der Waals surface area contributed by atoms with Gasteiger partial charge in [-0.05, 0) is 26.5 Å². The smallest absolute Gasteiger partial charge is 0.00401 e. The Kier molecular flexibility index (Phi) is 10.8. The zero-order chi connectivity index (χ0) is 9.90. The maximum absolute atomic E-state index is 2.14. The van der Waals surface area contributed by atoms with Crippen molar-refractivity contribution in [2.45, 2.75) is 51.4 Å². The van der Waals surface area contributed by atoms with Gasteiger partial charge in [0.15, 0.2) is 0 Å². The van der Waals surface area contributed by atoms with Crippen LogP contribution in [0.4, 0.5) is 0 Å². The van der Waals surface area contributed by atoms with Gasteiger partial charge in [-0.1, -0.05) is 68.0 Å². The van der Waals surface area contributed by atoms with Crippen molar-refractivity contribution >= 4 is 36.9 Å². The molecule has 0 aromatic carbocycles. The van der Waals surface area contributed by atoms with Crippen LogP contribution in [0.1, 0.15) is 51.4 Å². The molecule has 0 aromatic heterocycles. The van der Waals surface area contributed by atoms with E-state index in [-0.39, 0.29) is 0 Å². The van der Waals surface area contributed by atoms with Crippen molar-refractivity contribution in [3.05, 3.63) is 0 Å². The lowest BCUT2D eigenvalue weighted by Gasteiger charge is -2.05. The molecule has 0 radical (unpaired) electrons. The Balaban J connectivity index is 2.00. The lowest BCUT2D eigenvalue weighted by Crippen LogP contribution is -1.83. The summed E-state index contributed by atoms with van der Waals surface area (Å²) in [5.74, 6) is 1.39. The van der Waals surface area contributed by atoms with Crippen LogP contribution >= 0.6 is 36.9 Å². The van der Waals surface area contributed by atoms with Crippen LogP contribution in [0.25, 0.3) is 0 Å². The highest BCUT2D eigenvalue weighted by Gasteiger charge is 1.96. The number of hydrogen-bond donors (Lipinski definition) is 0. The molecule has 2 unspecified atom stereocenters. The van der Waals surface area contributed by atoms with Crippen molar-refractivity contribution in [3.63, 3.8) is 0 Å². The molecule has 0 saturated carbocycles. The van der Waals surface area contributed by atoms with Crippen LogP contribution < -0.4 is 0 Å². The zero-order valence-electron chi connectivity index (χ0n) is 8.89. The van der Waals surface area contributed by atoms with Crippen LogP contribution in [-0.2, 0) is 0 Å². The second kappa shape index (κ2) is 11.1. The van der Waals surface area contributed by atoms with E-state index in [1.807, 2.05) is 0 Å². The van der Waals surface area contributed by atoms with E-state index in [1.54, 1.807) is 0 Å². The summed E-state index contributed by atoms with van der Waals surface area (Å²) in [5.41, 5.74) is 0. The van der Waals surface area contributed by atoms with Gasteiger partial charge in [0.2, 0.25) is 0 Å². The fourth-order valence-electron chi connectivity index (χ4n) is 1.59. The van der Waals surface area contributed by atoms with Crippen LogP contribution in [-0.4, -0.2) is 11.9 Å². The average Bonchev–Trinajstić information content (AvgIpc) is 2.22. The molecule has 1 fully saturated rings. The minimum atomic E-state index is 1.18. The molecule has 0 N–H and O–H groups in total. The molecule has 0 spiro atoms. The van der Waals surface area contributed by atoms with Crippen molar-refractivity contribution in [2.24, 2.45) is 0 Å². The third-order valence-corrected chi connectivity index (χ3v) is 11.5. The first-order valence-corrected chi connectivity index (χ1v) is 12.0. The Morgan fingerprint density at radius 1 is 0.714 bits per heavy atom. The Hall–Kier alpha value is 1.56. The van der Waals surface area contributed by atoms with Crippen LogP contribution in [0.5, 0.6) is 0 Å². The summed E-state index contributed by atoms with van der Waals surface area (Å²) in [5, 5.41) is 0. The Bertz CT molecular complexity index is 69.4. The van der Waals surface area contributed by atoms with E-state index in [0.717, 1.165) is 0 Å². The van der Waals surface area contributed by atoms with Gasteiger partial charge in [-0.2, -0.15) is 0 Å². The minimum Gasteiger partial charge on any atom is -0.0895 e. The highest BCUT2D eigenvalue weighted by Crippen LogP contribution is 2.54. The normalized spacial score (nSPS) is 27.4. The van der Waals surface area contributed by atoms with E-state index in [0.29, 0.717) is 0 Å². The van der Waals surface area contributed by atoms with Gasteiger partial charge in [-0.3, -0.25) is 0 Å². The highest BCUT2D eigenvalue weighted by molar-refractivity contribution is 9.02. The van der Waals surface area contributed by atoms with E-state index in [1.165, 1.54) is 79.0 Å². The molecule has 1 aliphatic heterocycles. The van der Waals surface area contributed by atoms with Crippen LogP contribution in [0.2, 0.25) is 0 Å². The zero-order valence-corrected chi connectivity index (χ0v) is 12.5. The first-order chi connectivity index (χ1) is 7.00. The summed E-state index contributed by atoms with van der Waals surface area (Å²) >= 11 is 0. The van der Waals surface area contributed by atoms with E-state index < -0.39 is 0 Å². The van der Waals surface area contributed by atoms with Gasteiger partial charge in [0, 0.05) is 5.75 Å². The van der Waals surface area contributed by atoms with Gasteiger partial charge in [0.1, 0.15) is 0 Å². The van der Waals surface area contributed by atoms with E-state index in [4.69, 9.17) is 0 Å². The molecule has 0 nitrogen and oxygen atoms in total. The molecule has 84 valence electrons. The molecule has 4 heteroatoms. The van der Waals surface area contributed by atoms with Gasteiger partial charge in [-0.15, -0.1) is 0 Å². The largest absolute Gasteiger partial charge is 0.0895 e. The summed E-state index contributed by atoms with van der Waals surface area (Å²) in [7, 11) is 6.68. The van der Waals surface area contributed by atoms with E-state index >= 15 is 0 Å². The molecule has 14 heavy (non-hydrogen) atoms. The Morgan fingerprint density at radius 2 is 1.36 bits per heavy atom. The predicted molar refractivity (Wildman–Crippen MR) is 78.5 cm³/mol. The van der Waals surface area contributed by atoms with Crippen molar-refractivity contribution in [1.82, 2.24) is 0 Å². The quantitative estimate of drug-likeness (QED) is 0.409. The lowest BCUT2D eigenvalue weighted by molar-refractivity contribution is 0.588. The summed E-state index contributed by atoms with van der Waals surface area (Å²) in [6.45, 7) is 0. The topological polar surface area (TPSA) is 0 Å². The molecule has 0 amide bonds. The first kappa shape index (κ1) is 13.6. The van der Waals surface area contributed by atoms with Crippen molar-refractivity contribution in [2.75, 3.05) is 11.9 Å². The van der Waals surface area contributed by atoms with Crippen molar-refractivity contribution in [3.8, 4) is 0 Å². The summed E-state index contributed by atoms with van der Waals surface area (Å²) in [4.78, 5) is 0. The SMILES string of the molecule is C1CCCCCSSPPCCCC1. The fourth-order valence-corrected chi connectivity index (χ4v) is 10.3. The number of hydrogen-bond acceptors (Lipinski definition) is 2. The summed E-state index contributed by atoms with van der Waals surface area (Å²) < 4.78 is 0. The summed E-state index contributed by atoms with van der Waals surface area (Å²) in [6.07, 6.45) is 13.4. The highest BCUT2D eigenvalue weighted by atomic mass is 33.4. The molecule has 0 aliphatic carbocycles. The summed E-state index contributed by atoms with van der Waals surface area (Å²) in [6, 6.07) is 0. The van der Waals surface area contributed by atoms with Crippen LogP contribution in [0.15, 0.2) is 0 Å². The standard InChI is InChI=1S/C10H22P2S2/c1-2-4-6-8-10-13-14-12-11-9-7-5-3-1/h11-12H,1-10H2. The van der Waals surface area contributed by atoms with Crippen LogP contribution in [0, 0.1) is 0 Å². The van der Waals surface area contributed by atoms with Gasteiger partial charge < -0.3 is 0 Å². The lowest BCUT2D eigenvalue weighted by atomic mass is 10.1. The van der Waals surface area contributed by atoms with Gasteiger partial charge in [0.05, 0.1) is 0 Å². The minimum absolute atomic E-state index is 1.18. The molecular formula is C10H22P2S2.